The van der Waals surface area contributed by atoms with Crippen LogP contribution in [-0.4, -0.2) is 59.5 Å². The molecular weight excluding hydrogens is 506 g/mol. The van der Waals surface area contributed by atoms with E-state index in [9.17, 15) is 14.4 Å². The topological polar surface area (TPSA) is 88.6 Å². The van der Waals surface area contributed by atoms with E-state index in [4.69, 9.17) is 4.74 Å². The molecule has 0 aliphatic carbocycles. The molecule has 188 valence electrons. The molecule has 2 heterocycles. The predicted molar refractivity (Wildman–Crippen MR) is 147 cm³/mol. The second-order valence-electron chi connectivity index (χ2n) is 8.64. The first-order valence-corrected chi connectivity index (χ1v) is 13.7. The number of ether oxygens (including phenoxy) is 1. The van der Waals surface area contributed by atoms with E-state index in [-0.39, 0.29) is 17.6 Å². The second kappa shape index (κ2) is 11.2. The number of Topliss-reactive ketones (excluding diaryl/α,β-unsaturated/α-hetero) is 1. The lowest BCUT2D eigenvalue weighted by molar-refractivity contribution is 0.0302. The summed E-state index contributed by atoms with van der Waals surface area (Å²) in [5, 5.41) is 2.92. The summed E-state index contributed by atoms with van der Waals surface area (Å²) in [6.45, 7) is 4.00. The van der Waals surface area contributed by atoms with E-state index in [1.54, 1.807) is 35.2 Å². The number of carbonyl (C=O) groups is 3. The zero-order valence-electron chi connectivity index (χ0n) is 20.2. The molecule has 0 radical (unpaired) electrons. The molecule has 4 aromatic rings. The van der Waals surface area contributed by atoms with Gasteiger partial charge in [-0.15, -0.1) is 11.3 Å². The Bertz CT molecular complexity index is 1460. The predicted octanol–water partition coefficient (Wildman–Crippen LogP) is 5.30. The van der Waals surface area contributed by atoms with E-state index in [1.165, 1.54) is 23.1 Å². The number of nitrogens with one attached hydrogen (secondary N) is 1. The SMILES string of the molecule is Cc1ccc(C(=O)CSc2nc3ccc(NC(=O)c4ccccc4C(=O)N4CCOCC4)cc3s2)cc1. The van der Waals surface area contributed by atoms with Gasteiger partial charge in [-0.1, -0.05) is 53.7 Å². The zero-order valence-corrected chi connectivity index (χ0v) is 21.9. The summed E-state index contributed by atoms with van der Waals surface area (Å²) in [4.78, 5) is 45.0. The van der Waals surface area contributed by atoms with Gasteiger partial charge < -0.3 is 15.0 Å². The van der Waals surface area contributed by atoms with Crippen LogP contribution in [0.4, 0.5) is 5.69 Å². The lowest BCUT2D eigenvalue weighted by Crippen LogP contribution is -2.41. The Morgan fingerprint density at radius 1 is 1.00 bits per heavy atom. The average molecular weight is 532 g/mol. The number of fused-ring (bicyclic) bond motifs is 1. The Morgan fingerprint density at radius 3 is 2.49 bits per heavy atom. The molecule has 0 bridgehead atoms. The van der Waals surface area contributed by atoms with Crippen molar-refractivity contribution in [2.45, 2.75) is 11.3 Å². The van der Waals surface area contributed by atoms with Crippen LogP contribution < -0.4 is 5.32 Å². The number of morpholine rings is 1. The Labute approximate surface area is 222 Å². The summed E-state index contributed by atoms with van der Waals surface area (Å²) in [6.07, 6.45) is 0. The molecule has 5 rings (SSSR count). The average Bonchev–Trinajstić information content (AvgIpc) is 3.34. The van der Waals surface area contributed by atoms with Crippen molar-refractivity contribution in [3.05, 3.63) is 89.0 Å². The minimum absolute atomic E-state index is 0.0579. The number of benzene rings is 3. The van der Waals surface area contributed by atoms with Crippen molar-refractivity contribution >= 4 is 56.6 Å². The van der Waals surface area contributed by atoms with Crippen molar-refractivity contribution in [1.82, 2.24) is 9.88 Å². The van der Waals surface area contributed by atoms with E-state index in [0.717, 1.165) is 20.1 Å². The fraction of sp³-hybridized carbons (Fsp3) is 0.214. The molecular formula is C28H25N3O4S2. The fourth-order valence-corrected chi connectivity index (χ4v) is 6.00. The lowest BCUT2D eigenvalue weighted by atomic mass is 10.0. The maximum Gasteiger partial charge on any atom is 0.256 e. The minimum atomic E-state index is -0.348. The third-order valence-corrected chi connectivity index (χ3v) is 8.19. The van der Waals surface area contributed by atoms with Crippen LogP contribution in [-0.2, 0) is 4.74 Å². The van der Waals surface area contributed by atoms with Gasteiger partial charge in [-0.2, -0.15) is 0 Å². The van der Waals surface area contributed by atoms with Crippen LogP contribution in [0.15, 0.2) is 71.1 Å². The molecule has 37 heavy (non-hydrogen) atoms. The standard InChI is InChI=1S/C28H25N3O4S2/c1-18-6-8-19(9-7-18)24(32)17-36-28-30-23-11-10-20(16-25(23)37-28)29-26(33)21-4-2-3-5-22(21)27(34)31-12-14-35-15-13-31/h2-11,16H,12-15,17H2,1H3,(H,29,33). The Kier molecular flexibility index (Phi) is 7.64. The molecule has 1 aliphatic heterocycles. The maximum atomic E-state index is 13.1. The number of hydrogen-bond acceptors (Lipinski definition) is 7. The number of carbonyl (C=O) groups excluding carboxylic acids is 3. The molecule has 7 nitrogen and oxygen atoms in total. The van der Waals surface area contributed by atoms with Crippen LogP contribution in [0.25, 0.3) is 10.2 Å². The molecule has 0 spiro atoms. The highest BCUT2D eigenvalue weighted by molar-refractivity contribution is 8.01. The van der Waals surface area contributed by atoms with E-state index in [1.807, 2.05) is 43.3 Å². The number of thiazole rings is 1. The lowest BCUT2D eigenvalue weighted by Gasteiger charge is -2.27. The Balaban J connectivity index is 1.27. The third kappa shape index (κ3) is 5.90. The highest BCUT2D eigenvalue weighted by atomic mass is 32.2. The van der Waals surface area contributed by atoms with Crippen LogP contribution in [0.5, 0.6) is 0 Å². The van der Waals surface area contributed by atoms with Gasteiger partial charge in [-0.25, -0.2) is 4.98 Å². The van der Waals surface area contributed by atoms with Gasteiger partial charge in [-0.05, 0) is 37.3 Å². The van der Waals surface area contributed by atoms with Crippen molar-refractivity contribution in [1.29, 1.82) is 0 Å². The molecule has 1 fully saturated rings. The number of hydrogen-bond donors (Lipinski definition) is 1. The van der Waals surface area contributed by atoms with Crippen molar-refractivity contribution in [2.75, 3.05) is 37.4 Å². The first-order valence-electron chi connectivity index (χ1n) is 11.9. The highest BCUT2D eigenvalue weighted by Crippen LogP contribution is 2.32. The van der Waals surface area contributed by atoms with Gasteiger partial charge in [0.1, 0.15) is 0 Å². The summed E-state index contributed by atoms with van der Waals surface area (Å²) < 4.78 is 7.03. The van der Waals surface area contributed by atoms with Gasteiger partial charge in [0.25, 0.3) is 11.8 Å². The monoisotopic (exact) mass is 531 g/mol. The van der Waals surface area contributed by atoms with Gasteiger partial charge in [0, 0.05) is 24.3 Å². The van der Waals surface area contributed by atoms with Gasteiger partial charge in [0.05, 0.1) is 40.3 Å². The molecule has 1 saturated heterocycles. The number of rotatable bonds is 7. The molecule has 0 atom stereocenters. The summed E-state index contributed by atoms with van der Waals surface area (Å²) in [5.74, 6) is -0.156. The first-order chi connectivity index (χ1) is 18.0. The van der Waals surface area contributed by atoms with Crippen molar-refractivity contribution in [3.63, 3.8) is 0 Å². The molecule has 3 aromatic carbocycles. The Hall–Kier alpha value is -3.53. The number of aryl methyl sites for hydroxylation is 1. The van der Waals surface area contributed by atoms with Crippen molar-refractivity contribution in [3.8, 4) is 0 Å². The van der Waals surface area contributed by atoms with Gasteiger partial charge in [0.2, 0.25) is 0 Å². The molecule has 1 aromatic heterocycles. The first kappa shape index (κ1) is 25.1. The maximum absolute atomic E-state index is 13.1. The minimum Gasteiger partial charge on any atom is -0.378 e. The molecule has 0 unspecified atom stereocenters. The van der Waals surface area contributed by atoms with E-state index >= 15 is 0 Å². The second-order valence-corrected chi connectivity index (χ2v) is 10.9. The zero-order chi connectivity index (χ0) is 25.8. The van der Waals surface area contributed by atoms with E-state index in [2.05, 4.69) is 10.3 Å². The fourth-order valence-electron chi connectivity index (χ4n) is 4.00. The molecule has 1 N–H and O–H groups in total. The summed E-state index contributed by atoms with van der Waals surface area (Å²) >= 11 is 2.88. The van der Waals surface area contributed by atoms with E-state index < -0.39 is 0 Å². The number of nitrogens with zero attached hydrogens (tertiary/aromatic N) is 2. The van der Waals surface area contributed by atoms with Crippen LogP contribution in [0, 0.1) is 6.92 Å². The summed E-state index contributed by atoms with van der Waals surface area (Å²) in [7, 11) is 0. The van der Waals surface area contributed by atoms with Gasteiger partial charge in [0.15, 0.2) is 10.1 Å². The molecule has 2 amide bonds. The number of anilines is 1. The number of thioether (sulfide) groups is 1. The number of ketones is 1. The van der Waals surface area contributed by atoms with Gasteiger partial charge in [-0.3, -0.25) is 14.4 Å². The molecule has 1 aliphatic rings. The van der Waals surface area contributed by atoms with Crippen LogP contribution in [0.3, 0.4) is 0 Å². The van der Waals surface area contributed by atoms with Crippen molar-refractivity contribution < 1.29 is 19.1 Å². The van der Waals surface area contributed by atoms with Crippen LogP contribution in [0.1, 0.15) is 36.6 Å². The number of aromatic nitrogens is 1. The smallest absolute Gasteiger partial charge is 0.256 e. The Morgan fingerprint density at radius 2 is 1.73 bits per heavy atom. The third-order valence-electron chi connectivity index (χ3n) is 6.03. The van der Waals surface area contributed by atoms with E-state index in [0.29, 0.717) is 54.4 Å². The quantitative estimate of drug-likeness (QED) is 0.257. The molecule has 9 heteroatoms. The molecule has 0 saturated carbocycles. The van der Waals surface area contributed by atoms with Crippen molar-refractivity contribution in [2.24, 2.45) is 0 Å². The highest BCUT2D eigenvalue weighted by Gasteiger charge is 2.23. The van der Waals surface area contributed by atoms with Crippen LogP contribution >= 0.6 is 23.1 Å². The van der Waals surface area contributed by atoms with Crippen LogP contribution in [0.2, 0.25) is 0 Å². The summed E-state index contributed by atoms with van der Waals surface area (Å²) in [5.41, 5.74) is 3.92. The summed E-state index contributed by atoms with van der Waals surface area (Å²) in [6, 6.07) is 19.9. The number of amides is 2. The van der Waals surface area contributed by atoms with Gasteiger partial charge >= 0.3 is 0 Å². The normalized spacial score (nSPS) is 13.5. The largest absolute Gasteiger partial charge is 0.378 e.